The minimum atomic E-state index is -2.65. The molecule has 0 saturated heterocycles. The summed E-state index contributed by atoms with van der Waals surface area (Å²) >= 11 is 0. The predicted molar refractivity (Wildman–Crippen MR) is 95.4 cm³/mol. The highest BCUT2D eigenvalue weighted by Crippen LogP contribution is 2.37. The fourth-order valence-corrected chi connectivity index (χ4v) is 2.98. The molecule has 0 spiro atoms. The molecule has 0 N–H and O–H groups in total. The lowest BCUT2D eigenvalue weighted by Crippen LogP contribution is -2.18. The van der Waals surface area contributed by atoms with E-state index < -0.39 is 18.5 Å². The number of alkyl halides is 3. The quantitative estimate of drug-likeness (QED) is 0.699. The zero-order chi connectivity index (χ0) is 19.6. The van der Waals surface area contributed by atoms with Crippen LogP contribution >= 0.6 is 0 Å². The van der Waals surface area contributed by atoms with E-state index in [2.05, 4.69) is 9.97 Å². The molecule has 2 heterocycles. The van der Waals surface area contributed by atoms with Crippen molar-refractivity contribution in [1.82, 2.24) is 9.97 Å². The van der Waals surface area contributed by atoms with Crippen LogP contribution < -0.4 is 4.74 Å². The van der Waals surface area contributed by atoms with Crippen LogP contribution in [0.15, 0.2) is 48.5 Å². The third kappa shape index (κ3) is 3.82. The van der Waals surface area contributed by atoms with Gasteiger partial charge in [0, 0.05) is 23.3 Å². The molecule has 0 radical (unpaired) electrons. The summed E-state index contributed by atoms with van der Waals surface area (Å²) in [6, 6.07) is 4.99. The summed E-state index contributed by atoms with van der Waals surface area (Å²) in [4.78, 5) is 8.00. The Morgan fingerprint density at radius 2 is 2.00 bits per heavy atom. The molecule has 2 atom stereocenters. The van der Waals surface area contributed by atoms with Gasteiger partial charge in [-0.25, -0.2) is 18.2 Å². The first-order chi connectivity index (χ1) is 12.9. The van der Waals surface area contributed by atoms with Crippen LogP contribution in [-0.2, 0) is 4.74 Å². The van der Waals surface area contributed by atoms with Gasteiger partial charge in [0.05, 0.1) is 13.3 Å². The zero-order valence-corrected chi connectivity index (χ0v) is 15.1. The van der Waals surface area contributed by atoms with Gasteiger partial charge in [-0.15, -0.1) is 0 Å². The van der Waals surface area contributed by atoms with Gasteiger partial charge >= 0.3 is 0 Å². The molecule has 4 nitrogen and oxygen atoms in total. The number of allylic oxidation sites excluding steroid dienone is 4. The molecule has 27 heavy (non-hydrogen) atoms. The van der Waals surface area contributed by atoms with Crippen molar-refractivity contribution in [3.63, 3.8) is 0 Å². The lowest BCUT2D eigenvalue weighted by molar-refractivity contribution is 0.145. The van der Waals surface area contributed by atoms with Crippen molar-refractivity contribution in [2.75, 3.05) is 7.11 Å². The van der Waals surface area contributed by atoms with Gasteiger partial charge in [0.1, 0.15) is 23.4 Å². The lowest BCUT2D eigenvalue weighted by Gasteiger charge is -2.24. The van der Waals surface area contributed by atoms with Crippen LogP contribution in [0.5, 0.6) is 11.6 Å². The molecule has 0 saturated carbocycles. The molecule has 142 valence electrons. The monoisotopic (exact) mass is 376 g/mol. The van der Waals surface area contributed by atoms with Crippen LogP contribution in [0.4, 0.5) is 13.2 Å². The van der Waals surface area contributed by atoms with Crippen LogP contribution in [0.1, 0.15) is 30.2 Å². The largest absolute Gasteiger partial charge is 0.500 e. The van der Waals surface area contributed by atoms with Crippen molar-refractivity contribution in [3.8, 4) is 11.6 Å². The van der Waals surface area contributed by atoms with Crippen LogP contribution in [-0.4, -0.2) is 23.2 Å². The number of aryl methyl sites for hydroxylation is 1. The van der Waals surface area contributed by atoms with Crippen molar-refractivity contribution in [3.05, 3.63) is 65.3 Å². The van der Waals surface area contributed by atoms with E-state index in [4.69, 9.17) is 9.47 Å². The third-order valence-electron chi connectivity index (χ3n) is 4.40. The topological polar surface area (TPSA) is 44.2 Å². The van der Waals surface area contributed by atoms with Crippen molar-refractivity contribution >= 4 is 5.57 Å². The molecular formula is C20H19F3N2O2. The van der Waals surface area contributed by atoms with Crippen molar-refractivity contribution in [1.29, 1.82) is 0 Å². The van der Waals surface area contributed by atoms with Crippen LogP contribution in [0.3, 0.4) is 0 Å². The van der Waals surface area contributed by atoms with Gasteiger partial charge in [0.25, 0.3) is 6.43 Å². The number of ether oxygens (including phenoxy) is 2. The summed E-state index contributed by atoms with van der Waals surface area (Å²) in [5.41, 5.74) is 1.31. The number of rotatable bonds is 5. The Morgan fingerprint density at radius 3 is 2.67 bits per heavy atom. The number of methoxy groups -OCH3 is 1. The van der Waals surface area contributed by atoms with E-state index in [-0.39, 0.29) is 17.3 Å². The van der Waals surface area contributed by atoms with Gasteiger partial charge in [-0.1, -0.05) is 13.0 Å². The molecule has 2 aromatic rings. The van der Waals surface area contributed by atoms with Crippen LogP contribution in [0, 0.1) is 12.8 Å². The first kappa shape index (κ1) is 18.9. The van der Waals surface area contributed by atoms with Crippen molar-refractivity contribution in [2.24, 2.45) is 5.92 Å². The number of hydrogen-bond acceptors (Lipinski definition) is 4. The van der Waals surface area contributed by atoms with E-state index in [1.54, 1.807) is 38.3 Å². The maximum absolute atomic E-state index is 14.0. The van der Waals surface area contributed by atoms with E-state index in [1.807, 2.05) is 0 Å². The minimum Gasteiger partial charge on any atom is -0.500 e. The third-order valence-corrected chi connectivity index (χ3v) is 4.40. The summed E-state index contributed by atoms with van der Waals surface area (Å²) < 4.78 is 50.9. The normalized spacial score (nSPS) is 19.5. The molecule has 7 heteroatoms. The summed E-state index contributed by atoms with van der Waals surface area (Å²) in [5, 5.41) is 0. The number of nitrogens with zero attached hydrogens (tertiary/aromatic N) is 2. The Hall–Kier alpha value is -2.83. The SMILES string of the molecule is COC1=C(c2cccnc2Oc2cnc(C(F)F)c(C)c2)C=CC(F)C1C. The Labute approximate surface area is 155 Å². The number of aromatic nitrogens is 2. The molecule has 0 aliphatic heterocycles. The Bertz CT molecular complexity index is 897. The van der Waals surface area contributed by atoms with Gasteiger partial charge in [-0.2, -0.15) is 0 Å². The average Bonchev–Trinajstić information content (AvgIpc) is 2.64. The second kappa shape index (κ2) is 7.82. The van der Waals surface area contributed by atoms with E-state index >= 15 is 0 Å². The van der Waals surface area contributed by atoms with Crippen molar-refractivity contribution in [2.45, 2.75) is 26.4 Å². The Morgan fingerprint density at radius 1 is 1.22 bits per heavy atom. The zero-order valence-electron chi connectivity index (χ0n) is 15.1. The van der Waals surface area contributed by atoms with E-state index in [1.165, 1.54) is 25.4 Å². The smallest absolute Gasteiger partial charge is 0.280 e. The van der Waals surface area contributed by atoms with Crippen LogP contribution in [0.2, 0.25) is 0 Å². The van der Waals surface area contributed by atoms with E-state index in [0.29, 0.717) is 22.5 Å². The van der Waals surface area contributed by atoms with Gasteiger partial charge in [0.2, 0.25) is 5.88 Å². The number of pyridine rings is 2. The molecule has 0 aromatic carbocycles. The molecule has 0 amide bonds. The maximum atomic E-state index is 14.0. The number of hydrogen-bond donors (Lipinski definition) is 0. The van der Waals surface area contributed by atoms with Gasteiger partial charge < -0.3 is 9.47 Å². The highest BCUT2D eigenvalue weighted by molar-refractivity contribution is 5.80. The highest BCUT2D eigenvalue weighted by atomic mass is 19.3. The van der Waals surface area contributed by atoms with Gasteiger partial charge in [0.15, 0.2) is 0 Å². The summed E-state index contributed by atoms with van der Waals surface area (Å²) in [6.07, 6.45) is 2.09. The molecule has 0 fully saturated rings. The van der Waals surface area contributed by atoms with Gasteiger partial charge in [-0.05, 0) is 36.8 Å². The lowest BCUT2D eigenvalue weighted by atomic mass is 9.90. The molecule has 0 bridgehead atoms. The fraction of sp³-hybridized carbons (Fsp3) is 0.300. The first-order valence-corrected chi connectivity index (χ1v) is 8.40. The molecular weight excluding hydrogens is 357 g/mol. The van der Waals surface area contributed by atoms with Crippen molar-refractivity contribution < 1.29 is 22.6 Å². The molecule has 2 aromatic heterocycles. The second-order valence-corrected chi connectivity index (χ2v) is 6.21. The molecule has 1 aliphatic rings. The standard InChI is InChI=1S/C20H19F3N2O2/c1-11-9-13(10-25-17(11)19(22)23)27-20-15(5-4-8-24-20)14-6-7-16(21)12(2)18(14)26-3/h4-10,12,16,19H,1-3H3. The molecule has 2 unspecified atom stereocenters. The fourth-order valence-electron chi connectivity index (χ4n) is 2.98. The highest BCUT2D eigenvalue weighted by Gasteiger charge is 2.28. The average molecular weight is 376 g/mol. The predicted octanol–water partition coefficient (Wildman–Crippen LogP) is 5.42. The second-order valence-electron chi connectivity index (χ2n) is 6.21. The molecule has 3 rings (SSSR count). The van der Waals surface area contributed by atoms with E-state index in [9.17, 15) is 13.2 Å². The Balaban J connectivity index is 1.99. The summed E-state index contributed by atoms with van der Waals surface area (Å²) in [6.45, 7) is 3.28. The molecule has 1 aliphatic carbocycles. The summed E-state index contributed by atoms with van der Waals surface area (Å²) in [7, 11) is 1.49. The Kier molecular flexibility index (Phi) is 5.48. The number of halogens is 3. The maximum Gasteiger partial charge on any atom is 0.280 e. The first-order valence-electron chi connectivity index (χ1n) is 8.40. The van der Waals surface area contributed by atoms with E-state index in [0.717, 1.165) is 0 Å². The minimum absolute atomic E-state index is 0.252. The van der Waals surface area contributed by atoms with Gasteiger partial charge in [-0.3, -0.25) is 4.98 Å². The van der Waals surface area contributed by atoms with Crippen LogP contribution in [0.25, 0.3) is 5.57 Å². The summed E-state index contributed by atoms with van der Waals surface area (Å²) in [5.74, 6) is 0.581.